The molecule has 20 heavy (non-hydrogen) atoms. The van der Waals surface area contributed by atoms with E-state index in [-0.39, 0.29) is 15.6 Å². The summed E-state index contributed by atoms with van der Waals surface area (Å²) in [5.74, 6) is 0.633. The van der Waals surface area contributed by atoms with Crippen LogP contribution >= 0.6 is 15.9 Å². The largest absolute Gasteiger partial charge is 0.452 e. The van der Waals surface area contributed by atoms with Gasteiger partial charge in [-0.15, -0.1) is 0 Å². The van der Waals surface area contributed by atoms with Crippen LogP contribution < -0.4 is 10.0 Å². The molecule has 2 rings (SSSR count). The average molecular weight is 365 g/mol. The molecule has 1 aliphatic carbocycles. The molecular formula is C13H21BrN2O3S. The maximum Gasteiger partial charge on any atom is 0.245 e. The molecule has 0 amide bonds. The van der Waals surface area contributed by atoms with E-state index in [1.807, 2.05) is 13.8 Å². The van der Waals surface area contributed by atoms with Crippen LogP contribution in [0.25, 0.3) is 0 Å². The molecular weight excluding hydrogens is 344 g/mol. The topological polar surface area (TPSA) is 71.3 Å². The van der Waals surface area contributed by atoms with Crippen molar-refractivity contribution in [2.75, 3.05) is 0 Å². The first-order chi connectivity index (χ1) is 9.46. The Bertz CT molecular complexity index is 548. The number of furan rings is 1. The molecule has 5 nitrogen and oxygen atoms in total. The van der Waals surface area contributed by atoms with Crippen LogP contribution in [0.15, 0.2) is 20.0 Å². The van der Waals surface area contributed by atoms with Crippen molar-refractivity contribution in [3.05, 3.63) is 16.5 Å². The third-order valence-corrected chi connectivity index (χ3v) is 5.82. The van der Waals surface area contributed by atoms with Gasteiger partial charge in [0, 0.05) is 18.2 Å². The summed E-state index contributed by atoms with van der Waals surface area (Å²) in [5, 5.41) is 3.30. The van der Waals surface area contributed by atoms with Gasteiger partial charge in [-0.25, -0.2) is 13.1 Å². The van der Waals surface area contributed by atoms with Gasteiger partial charge in [-0.05, 0) is 41.6 Å². The van der Waals surface area contributed by atoms with Crippen molar-refractivity contribution >= 4 is 26.0 Å². The fourth-order valence-electron chi connectivity index (χ4n) is 1.94. The molecule has 1 aromatic rings. The van der Waals surface area contributed by atoms with E-state index in [1.165, 1.54) is 12.8 Å². The summed E-state index contributed by atoms with van der Waals surface area (Å²) >= 11 is 3.20. The Kier molecular flexibility index (Phi) is 5.28. The molecule has 0 aliphatic heterocycles. The minimum absolute atomic E-state index is 0.0464. The molecule has 0 aromatic carbocycles. The molecule has 2 N–H and O–H groups in total. The summed E-state index contributed by atoms with van der Waals surface area (Å²) in [5.41, 5.74) is 0. The quantitative estimate of drug-likeness (QED) is 0.743. The lowest BCUT2D eigenvalue weighted by Gasteiger charge is -2.13. The Labute approximate surface area is 128 Å². The van der Waals surface area contributed by atoms with Crippen LogP contribution in [0.3, 0.4) is 0 Å². The zero-order valence-electron chi connectivity index (χ0n) is 11.8. The van der Waals surface area contributed by atoms with Crippen molar-refractivity contribution in [2.24, 2.45) is 0 Å². The third kappa shape index (κ3) is 4.07. The van der Waals surface area contributed by atoms with Crippen LogP contribution in [0, 0.1) is 0 Å². The predicted octanol–water partition coefficient (Wildman–Crippen LogP) is 2.76. The minimum Gasteiger partial charge on any atom is -0.452 e. The zero-order valence-corrected chi connectivity index (χ0v) is 14.2. The number of rotatable bonds is 8. The molecule has 114 valence electrons. The van der Waals surface area contributed by atoms with Crippen molar-refractivity contribution in [3.63, 3.8) is 0 Å². The van der Waals surface area contributed by atoms with E-state index in [9.17, 15) is 8.42 Å². The summed E-state index contributed by atoms with van der Waals surface area (Å²) in [6, 6.07) is 2.10. The lowest BCUT2D eigenvalue weighted by Crippen LogP contribution is -2.33. The highest BCUT2D eigenvalue weighted by Crippen LogP contribution is 2.27. The van der Waals surface area contributed by atoms with E-state index in [2.05, 4.69) is 26.0 Å². The Morgan fingerprint density at radius 1 is 1.40 bits per heavy atom. The lowest BCUT2D eigenvalue weighted by atomic mass is 10.2. The maximum atomic E-state index is 12.3. The van der Waals surface area contributed by atoms with Gasteiger partial charge in [0.2, 0.25) is 10.0 Å². The van der Waals surface area contributed by atoms with Crippen LogP contribution in [0.4, 0.5) is 0 Å². The lowest BCUT2D eigenvalue weighted by molar-refractivity contribution is 0.459. The molecule has 0 radical (unpaired) electrons. The van der Waals surface area contributed by atoms with Gasteiger partial charge in [-0.2, -0.15) is 0 Å². The normalized spacial score (nSPS) is 16.0. The Morgan fingerprint density at radius 2 is 2.05 bits per heavy atom. The molecule has 0 spiro atoms. The molecule has 0 saturated heterocycles. The minimum atomic E-state index is -3.53. The van der Waals surface area contributed by atoms with Crippen LogP contribution in [0.2, 0.25) is 0 Å². The molecule has 0 unspecified atom stereocenters. The summed E-state index contributed by atoms with van der Waals surface area (Å²) in [7, 11) is -3.53. The Hall–Kier alpha value is -0.370. The molecule has 0 bridgehead atoms. The van der Waals surface area contributed by atoms with E-state index < -0.39 is 10.0 Å². The van der Waals surface area contributed by atoms with E-state index in [0.29, 0.717) is 18.3 Å². The van der Waals surface area contributed by atoms with Crippen molar-refractivity contribution in [1.82, 2.24) is 10.0 Å². The van der Waals surface area contributed by atoms with E-state index in [1.54, 1.807) is 6.07 Å². The maximum absolute atomic E-state index is 12.3. The summed E-state index contributed by atoms with van der Waals surface area (Å²) in [6.45, 7) is 4.49. The SMILES string of the molecule is CCC(CC)NS(=O)(=O)c1cc(CNC2CC2)oc1Br. The van der Waals surface area contributed by atoms with E-state index in [4.69, 9.17) is 4.42 Å². The molecule has 1 fully saturated rings. The molecule has 1 aromatic heterocycles. The monoisotopic (exact) mass is 364 g/mol. The zero-order chi connectivity index (χ0) is 14.8. The highest BCUT2D eigenvalue weighted by Gasteiger charge is 2.26. The van der Waals surface area contributed by atoms with Crippen molar-refractivity contribution in [3.8, 4) is 0 Å². The molecule has 1 aliphatic rings. The Balaban J connectivity index is 2.09. The smallest absolute Gasteiger partial charge is 0.245 e. The van der Waals surface area contributed by atoms with Crippen molar-refractivity contribution in [2.45, 2.75) is 63.1 Å². The summed E-state index contributed by atoms with van der Waals surface area (Å²) < 4.78 is 33.1. The fraction of sp³-hybridized carbons (Fsp3) is 0.692. The molecule has 0 atom stereocenters. The number of nitrogens with one attached hydrogen (secondary N) is 2. The van der Waals surface area contributed by atoms with Gasteiger partial charge in [0.25, 0.3) is 0 Å². The van der Waals surface area contributed by atoms with Gasteiger partial charge < -0.3 is 9.73 Å². The fourth-order valence-corrected chi connectivity index (χ4v) is 4.34. The summed E-state index contributed by atoms with van der Waals surface area (Å²) in [6.07, 6.45) is 3.90. The third-order valence-electron chi connectivity index (χ3n) is 3.45. The van der Waals surface area contributed by atoms with Gasteiger partial charge in [-0.1, -0.05) is 13.8 Å². The van der Waals surface area contributed by atoms with E-state index in [0.717, 1.165) is 12.8 Å². The summed E-state index contributed by atoms with van der Waals surface area (Å²) in [4.78, 5) is 0.178. The number of hydrogen-bond acceptors (Lipinski definition) is 4. The van der Waals surface area contributed by atoms with Crippen LogP contribution in [0.1, 0.15) is 45.3 Å². The highest BCUT2D eigenvalue weighted by molar-refractivity contribution is 9.10. The Morgan fingerprint density at radius 3 is 2.60 bits per heavy atom. The second-order valence-electron chi connectivity index (χ2n) is 5.14. The van der Waals surface area contributed by atoms with Crippen LogP contribution in [0.5, 0.6) is 0 Å². The predicted molar refractivity (Wildman–Crippen MR) is 81.0 cm³/mol. The van der Waals surface area contributed by atoms with Gasteiger partial charge in [0.05, 0.1) is 6.54 Å². The van der Waals surface area contributed by atoms with Gasteiger partial charge >= 0.3 is 0 Å². The van der Waals surface area contributed by atoms with Gasteiger partial charge in [-0.3, -0.25) is 0 Å². The standard InChI is InChI=1S/C13H21BrN2O3S/c1-3-9(4-2)16-20(17,18)12-7-11(19-13(12)14)8-15-10-5-6-10/h7,9-10,15-16H,3-6,8H2,1-2H3. The number of hydrogen-bond donors (Lipinski definition) is 2. The van der Waals surface area contributed by atoms with Gasteiger partial charge in [0.1, 0.15) is 10.7 Å². The highest BCUT2D eigenvalue weighted by atomic mass is 79.9. The first kappa shape index (κ1) is 16.0. The second-order valence-corrected chi connectivity index (χ2v) is 7.54. The first-order valence-corrected chi connectivity index (χ1v) is 9.27. The number of halogens is 1. The van der Waals surface area contributed by atoms with Crippen molar-refractivity contribution < 1.29 is 12.8 Å². The van der Waals surface area contributed by atoms with E-state index >= 15 is 0 Å². The first-order valence-electron chi connectivity index (χ1n) is 7.00. The van der Waals surface area contributed by atoms with Crippen LogP contribution in [-0.4, -0.2) is 20.5 Å². The molecule has 1 saturated carbocycles. The molecule has 1 heterocycles. The molecule has 7 heteroatoms. The second kappa shape index (κ2) is 6.60. The van der Waals surface area contributed by atoms with Crippen molar-refractivity contribution in [1.29, 1.82) is 0 Å². The van der Waals surface area contributed by atoms with Crippen LogP contribution in [-0.2, 0) is 16.6 Å². The number of sulfonamides is 1. The van der Waals surface area contributed by atoms with Gasteiger partial charge in [0.15, 0.2) is 4.67 Å². The average Bonchev–Trinajstić information content (AvgIpc) is 3.16.